The number of H-pyrrole nitrogens is 1. The van der Waals surface area contributed by atoms with E-state index in [0.29, 0.717) is 17.8 Å². The fourth-order valence-corrected chi connectivity index (χ4v) is 2.90. The van der Waals surface area contributed by atoms with Crippen LogP contribution in [0.15, 0.2) is 46.6 Å². The number of anilines is 1. The minimum absolute atomic E-state index is 0.0437. The zero-order valence-electron chi connectivity index (χ0n) is 13.7. The zero-order valence-corrected chi connectivity index (χ0v) is 14.5. The number of aromatic carboxylic acids is 1. The number of benzene rings is 1. The van der Waals surface area contributed by atoms with Crippen molar-refractivity contribution in [1.82, 2.24) is 15.3 Å². The number of nitrogens with zero attached hydrogens (tertiary/aromatic N) is 1. The van der Waals surface area contributed by atoms with Crippen LogP contribution in [0.1, 0.15) is 15.4 Å². The van der Waals surface area contributed by atoms with Crippen molar-refractivity contribution in [2.45, 2.75) is 6.54 Å². The van der Waals surface area contributed by atoms with E-state index in [9.17, 15) is 19.5 Å². The molecule has 10 heteroatoms. The van der Waals surface area contributed by atoms with E-state index < -0.39 is 29.0 Å². The third-order valence-electron chi connectivity index (χ3n) is 3.49. The number of hydrogen-bond acceptors (Lipinski definition) is 6. The van der Waals surface area contributed by atoms with Crippen LogP contribution in [0.3, 0.4) is 0 Å². The van der Waals surface area contributed by atoms with Crippen molar-refractivity contribution in [2.75, 3.05) is 5.32 Å². The molecule has 0 saturated carbocycles. The summed E-state index contributed by atoms with van der Waals surface area (Å²) in [6.45, 7) is 0.387. The number of carboxylic acid groups (broad SMARTS) is 1. The molecule has 2 heterocycles. The first kappa shape index (κ1) is 18.1. The Bertz CT molecular complexity index is 1050. The number of aromatic amines is 1. The lowest BCUT2D eigenvalue weighted by molar-refractivity contribution is 0.0686. The maximum Gasteiger partial charge on any atom is 0.358 e. The number of hydrogen-bond donors (Lipinski definition) is 5. The molecule has 3 aromatic rings. The van der Waals surface area contributed by atoms with Crippen molar-refractivity contribution in [3.63, 3.8) is 0 Å². The van der Waals surface area contributed by atoms with Gasteiger partial charge in [0.1, 0.15) is 5.82 Å². The topological polar surface area (TPSA) is 144 Å². The van der Waals surface area contributed by atoms with E-state index in [-0.39, 0.29) is 5.82 Å². The third-order valence-corrected chi connectivity index (χ3v) is 4.37. The first-order valence-corrected chi connectivity index (χ1v) is 8.56. The number of rotatable bonds is 5. The molecule has 0 unspecified atom stereocenters. The summed E-state index contributed by atoms with van der Waals surface area (Å²) < 4.78 is 0. The Morgan fingerprint density at radius 3 is 2.74 bits per heavy atom. The van der Waals surface area contributed by atoms with Crippen molar-refractivity contribution in [2.24, 2.45) is 0 Å². The van der Waals surface area contributed by atoms with Crippen LogP contribution < -0.4 is 16.2 Å². The summed E-state index contributed by atoms with van der Waals surface area (Å²) in [6.07, 6.45) is 0. The molecule has 2 amide bonds. The van der Waals surface area contributed by atoms with Gasteiger partial charge in [0.2, 0.25) is 5.75 Å². The Hall–Kier alpha value is -3.66. The molecule has 0 spiro atoms. The van der Waals surface area contributed by atoms with Crippen molar-refractivity contribution in [3.8, 4) is 17.1 Å². The molecule has 3 rings (SSSR count). The number of urea groups is 1. The molecule has 0 fully saturated rings. The van der Waals surface area contributed by atoms with E-state index in [2.05, 4.69) is 20.6 Å². The van der Waals surface area contributed by atoms with Crippen molar-refractivity contribution in [1.29, 1.82) is 0 Å². The molecular weight excluding hydrogens is 372 g/mol. The molecule has 0 atom stereocenters. The van der Waals surface area contributed by atoms with Gasteiger partial charge in [0, 0.05) is 16.1 Å². The fourth-order valence-electron chi connectivity index (χ4n) is 2.25. The van der Waals surface area contributed by atoms with Gasteiger partial charge in [-0.25, -0.2) is 14.6 Å². The molecule has 0 bridgehead atoms. The molecule has 5 N–H and O–H groups in total. The monoisotopic (exact) mass is 386 g/mol. The third kappa shape index (κ3) is 4.30. The Morgan fingerprint density at radius 2 is 2.04 bits per heavy atom. The van der Waals surface area contributed by atoms with Gasteiger partial charge in [-0.15, -0.1) is 11.3 Å². The summed E-state index contributed by atoms with van der Waals surface area (Å²) in [4.78, 5) is 41.9. The molecule has 9 nitrogen and oxygen atoms in total. The Labute approximate surface area is 156 Å². The molecule has 2 aromatic heterocycles. The van der Waals surface area contributed by atoms with Crippen LogP contribution >= 0.6 is 11.3 Å². The SMILES string of the molecule is O=C(NCc1cccs1)Nc1cccc(-c2nc(C(=O)O)c(O)c(=O)[nH]2)c1. The van der Waals surface area contributed by atoms with Crippen molar-refractivity contribution < 1.29 is 19.8 Å². The molecule has 1 aromatic carbocycles. The average Bonchev–Trinajstić information content (AvgIpc) is 3.15. The number of carbonyl (C=O) groups excluding carboxylic acids is 1. The zero-order chi connectivity index (χ0) is 19.4. The smallest absolute Gasteiger partial charge is 0.358 e. The average molecular weight is 386 g/mol. The highest BCUT2D eigenvalue weighted by Gasteiger charge is 2.17. The predicted molar refractivity (Wildman–Crippen MR) is 99.1 cm³/mol. The Balaban J connectivity index is 1.78. The molecule has 0 aliphatic carbocycles. The van der Waals surface area contributed by atoms with E-state index in [1.165, 1.54) is 17.4 Å². The Kier molecular flexibility index (Phi) is 5.18. The molecule has 138 valence electrons. The van der Waals surface area contributed by atoms with Crippen molar-refractivity contribution >= 4 is 29.0 Å². The number of aromatic hydroxyl groups is 1. The number of thiophene rings is 1. The maximum atomic E-state index is 12.0. The lowest BCUT2D eigenvalue weighted by Gasteiger charge is -2.09. The second-order valence-electron chi connectivity index (χ2n) is 5.38. The quantitative estimate of drug-likeness (QED) is 0.455. The molecule has 27 heavy (non-hydrogen) atoms. The number of amides is 2. The maximum absolute atomic E-state index is 12.0. The largest absolute Gasteiger partial charge is 0.501 e. The number of carbonyl (C=O) groups is 2. The van der Waals surface area contributed by atoms with Crippen LogP contribution in [0, 0.1) is 0 Å². The number of aromatic nitrogens is 2. The van der Waals surface area contributed by atoms with Crippen LogP contribution in [-0.4, -0.2) is 32.2 Å². The van der Waals surface area contributed by atoms with Crippen LogP contribution in [0.25, 0.3) is 11.4 Å². The van der Waals surface area contributed by atoms with E-state index in [4.69, 9.17) is 5.11 Å². The van der Waals surface area contributed by atoms with Gasteiger partial charge in [-0.05, 0) is 23.6 Å². The second kappa shape index (κ2) is 7.70. The summed E-state index contributed by atoms with van der Waals surface area (Å²) >= 11 is 1.52. The van der Waals surface area contributed by atoms with Crippen molar-refractivity contribution in [3.05, 3.63) is 62.7 Å². The first-order chi connectivity index (χ1) is 12.9. The number of carboxylic acids is 1. The highest BCUT2D eigenvalue weighted by Crippen LogP contribution is 2.20. The summed E-state index contributed by atoms with van der Waals surface area (Å²) in [5.74, 6) is -2.53. The highest BCUT2D eigenvalue weighted by molar-refractivity contribution is 7.09. The minimum atomic E-state index is -1.53. The van der Waals surface area contributed by atoms with E-state index in [1.807, 2.05) is 17.5 Å². The second-order valence-corrected chi connectivity index (χ2v) is 6.42. The lowest BCUT2D eigenvalue weighted by Crippen LogP contribution is -2.27. The van der Waals surface area contributed by atoms with Gasteiger partial charge >= 0.3 is 12.0 Å². The normalized spacial score (nSPS) is 10.4. The lowest BCUT2D eigenvalue weighted by atomic mass is 10.2. The van der Waals surface area contributed by atoms with Crippen LogP contribution in [0.4, 0.5) is 10.5 Å². The van der Waals surface area contributed by atoms with Crippen LogP contribution in [-0.2, 0) is 6.54 Å². The van der Waals surface area contributed by atoms with E-state index in [1.54, 1.807) is 18.2 Å². The summed E-state index contributed by atoms with van der Waals surface area (Å²) in [5.41, 5.74) is -0.931. The summed E-state index contributed by atoms with van der Waals surface area (Å²) in [5, 5.41) is 25.8. The first-order valence-electron chi connectivity index (χ1n) is 7.68. The van der Waals surface area contributed by atoms with E-state index in [0.717, 1.165) is 4.88 Å². The van der Waals surface area contributed by atoms with Crippen LogP contribution in [0.5, 0.6) is 5.75 Å². The van der Waals surface area contributed by atoms with Gasteiger partial charge in [0.25, 0.3) is 5.56 Å². The van der Waals surface area contributed by atoms with Crippen LogP contribution in [0.2, 0.25) is 0 Å². The summed E-state index contributed by atoms with van der Waals surface area (Å²) in [6, 6.07) is 9.71. The molecular formula is C17H14N4O5S. The predicted octanol–water partition coefficient (Wildman–Crippen LogP) is 2.22. The fraction of sp³-hybridized carbons (Fsp3) is 0.0588. The van der Waals surface area contributed by atoms with E-state index >= 15 is 0 Å². The number of nitrogens with one attached hydrogen (secondary N) is 3. The molecule has 0 saturated heterocycles. The molecule has 0 aliphatic heterocycles. The van der Waals surface area contributed by atoms with Gasteiger partial charge in [0.15, 0.2) is 5.69 Å². The highest BCUT2D eigenvalue weighted by atomic mass is 32.1. The summed E-state index contributed by atoms with van der Waals surface area (Å²) in [7, 11) is 0. The van der Waals surface area contributed by atoms with Gasteiger partial charge in [-0.3, -0.25) is 4.79 Å². The van der Waals surface area contributed by atoms with Gasteiger partial charge < -0.3 is 25.8 Å². The Morgan fingerprint density at radius 1 is 1.22 bits per heavy atom. The van der Waals surface area contributed by atoms with Gasteiger partial charge in [-0.1, -0.05) is 18.2 Å². The molecule has 0 radical (unpaired) electrons. The van der Waals surface area contributed by atoms with Gasteiger partial charge in [-0.2, -0.15) is 0 Å². The standard InChI is InChI=1S/C17H14N4O5S/c22-13-12(16(24)25)20-14(21-15(13)23)9-3-1-4-10(7-9)19-17(26)18-8-11-5-2-6-27-11/h1-7,22H,8H2,(H,24,25)(H2,18,19,26)(H,20,21,23). The minimum Gasteiger partial charge on any atom is -0.501 e. The molecule has 0 aliphatic rings. The van der Waals surface area contributed by atoms with Gasteiger partial charge in [0.05, 0.1) is 6.54 Å².